The van der Waals surface area contributed by atoms with Gasteiger partial charge in [-0.25, -0.2) is 17.2 Å². The van der Waals surface area contributed by atoms with Crippen molar-refractivity contribution in [3.05, 3.63) is 101 Å². The van der Waals surface area contributed by atoms with E-state index in [1.165, 1.54) is 29.8 Å². The van der Waals surface area contributed by atoms with Crippen LogP contribution in [-0.4, -0.2) is 57.6 Å². The Balaban J connectivity index is 1.66. The van der Waals surface area contributed by atoms with Gasteiger partial charge in [0.2, 0.25) is 10.0 Å². The number of halogens is 2. The Bertz CT molecular complexity index is 1380. The third-order valence-corrected chi connectivity index (χ3v) is 8.05. The number of hydrogen-bond acceptors (Lipinski definition) is 6. The number of carbonyl (C=O) groups is 1. The minimum Gasteiger partial charge on any atom is -0.390 e. The second-order valence-corrected chi connectivity index (χ2v) is 12.0. The molecule has 0 fully saturated rings. The molecule has 1 amide bonds. The van der Waals surface area contributed by atoms with Crippen LogP contribution in [0.15, 0.2) is 66.7 Å². The summed E-state index contributed by atoms with van der Waals surface area (Å²) in [7, 11) is -2.01. The van der Waals surface area contributed by atoms with Crippen molar-refractivity contribution >= 4 is 21.6 Å². The normalized spacial score (nSPS) is 13.0. The molecule has 3 aromatic rings. The van der Waals surface area contributed by atoms with Crippen molar-refractivity contribution in [1.29, 1.82) is 0 Å². The molecule has 0 unspecified atom stereocenters. The van der Waals surface area contributed by atoms with Gasteiger partial charge in [0.15, 0.2) is 0 Å². The lowest BCUT2D eigenvalue weighted by atomic mass is 10.00. The smallest absolute Gasteiger partial charge is 0.251 e. The zero-order valence-electron chi connectivity index (χ0n) is 23.9. The van der Waals surface area contributed by atoms with E-state index >= 15 is 0 Å². The summed E-state index contributed by atoms with van der Waals surface area (Å²) < 4.78 is 59.8. The Kier molecular flexibility index (Phi) is 12.9. The zero-order chi connectivity index (χ0) is 30.5. The van der Waals surface area contributed by atoms with E-state index in [2.05, 4.69) is 28.3 Å². The molecule has 42 heavy (non-hydrogen) atoms. The Morgan fingerprint density at radius 1 is 0.952 bits per heavy atom. The molecule has 3 aromatic carbocycles. The maximum Gasteiger partial charge on any atom is 0.251 e. The highest BCUT2D eigenvalue weighted by Crippen LogP contribution is 2.15. The fraction of sp³-hybridized carbons (Fsp3) is 0.387. The second-order valence-electron chi connectivity index (χ2n) is 10.1. The topological polar surface area (TPSA) is 117 Å². The number of anilines is 1. The van der Waals surface area contributed by atoms with Gasteiger partial charge in [-0.3, -0.25) is 9.52 Å². The molecule has 0 aromatic heterocycles. The number of rotatable bonds is 17. The molecule has 0 heterocycles. The van der Waals surface area contributed by atoms with Gasteiger partial charge in [0.1, 0.15) is 11.6 Å². The Hall–Kier alpha value is -3.38. The van der Waals surface area contributed by atoms with E-state index in [4.69, 9.17) is 4.74 Å². The number of carbonyl (C=O) groups excluding carboxylic acids is 1. The number of hydrogen-bond donors (Lipinski definition) is 4. The van der Waals surface area contributed by atoms with E-state index < -0.39 is 39.7 Å². The van der Waals surface area contributed by atoms with Gasteiger partial charge in [0.05, 0.1) is 17.9 Å². The maximum atomic E-state index is 13.9. The Morgan fingerprint density at radius 3 is 2.31 bits per heavy atom. The van der Waals surface area contributed by atoms with Gasteiger partial charge in [-0.2, -0.15) is 0 Å². The highest BCUT2D eigenvalue weighted by atomic mass is 32.2. The summed E-state index contributed by atoms with van der Waals surface area (Å²) in [6, 6.07) is 16.1. The first kappa shape index (κ1) is 33.1. The number of ether oxygens (including phenoxy) is 1. The van der Waals surface area contributed by atoms with Crippen LogP contribution in [0.2, 0.25) is 0 Å². The molecule has 2 atom stereocenters. The van der Waals surface area contributed by atoms with E-state index in [1.807, 2.05) is 18.2 Å². The predicted molar refractivity (Wildman–Crippen MR) is 160 cm³/mol. The quantitative estimate of drug-likeness (QED) is 0.172. The van der Waals surface area contributed by atoms with E-state index in [0.29, 0.717) is 31.7 Å². The summed E-state index contributed by atoms with van der Waals surface area (Å²) in [5.41, 5.74) is 3.04. The molecular formula is C31H39F2N3O5S. The number of aliphatic hydroxyl groups excluding tert-OH is 1. The van der Waals surface area contributed by atoms with Crippen LogP contribution in [-0.2, 0) is 34.1 Å². The summed E-state index contributed by atoms with van der Waals surface area (Å²) in [5, 5.41) is 17.0. The number of aliphatic hydroxyl groups is 1. The molecule has 11 heteroatoms. The van der Waals surface area contributed by atoms with Crippen molar-refractivity contribution in [2.45, 2.75) is 51.3 Å². The molecule has 0 aliphatic rings. The zero-order valence-corrected chi connectivity index (χ0v) is 24.7. The summed E-state index contributed by atoms with van der Waals surface area (Å²) in [4.78, 5) is 13.1. The minimum absolute atomic E-state index is 0.0183. The van der Waals surface area contributed by atoms with E-state index in [9.17, 15) is 27.1 Å². The number of methoxy groups -OCH3 is 1. The van der Waals surface area contributed by atoms with Gasteiger partial charge in [-0.05, 0) is 78.8 Å². The molecule has 0 bridgehead atoms. The predicted octanol–water partition coefficient (Wildman–Crippen LogP) is 4.19. The van der Waals surface area contributed by atoms with Gasteiger partial charge in [-0.1, -0.05) is 31.2 Å². The first-order valence-corrected chi connectivity index (χ1v) is 15.6. The number of amides is 1. The van der Waals surface area contributed by atoms with E-state index in [0.717, 1.165) is 30.2 Å². The van der Waals surface area contributed by atoms with Crippen molar-refractivity contribution in [2.75, 3.05) is 30.7 Å². The third-order valence-electron chi connectivity index (χ3n) is 6.67. The van der Waals surface area contributed by atoms with Gasteiger partial charge < -0.3 is 20.5 Å². The first-order valence-electron chi connectivity index (χ1n) is 13.9. The molecule has 0 saturated heterocycles. The molecule has 4 N–H and O–H groups in total. The fourth-order valence-electron chi connectivity index (χ4n) is 4.44. The van der Waals surface area contributed by atoms with Gasteiger partial charge in [-0.15, -0.1) is 0 Å². The van der Waals surface area contributed by atoms with Crippen LogP contribution in [0.25, 0.3) is 0 Å². The van der Waals surface area contributed by atoms with Crippen LogP contribution in [0.3, 0.4) is 0 Å². The van der Waals surface area contributed by atoms with E-state index in [-0.39, 0.29) is 29.8 Å². The summed E-state index contributed by atoms with van der Waals surface area (Å²) in [5.74, 6) is -2.09. The van der Waals surface area contributed by atoms with Crippen molar-refractivity contribution in [3.8, 4) is 0 Å². The van der Waals surface area contributed by atoms with Crippen LogP contribution >= 0.6 is 0 Å². The van der Waals surface area contributed by atoms with Crippen LogP contribution in [0.4, 0.5) is 14.5 Å². The SMILES string of the molecule is CCc1cccc(CNC[C@@H](O)[C@H](Cc2cc(F)cc(F)c2)NC(=O)c2ccc(NS(=O)(=O)CCCCOC)cc2)c1. The maximum absolute atomic E-state index is 13.9. The van der Waals surface area contributed by atoms with E-state index in [1.54, 1.807) is 7.11 Å². The van der Waals surface area contributed by atoms with Crippen LogP contribution < -0.4 is 15.4 Å². The highest BCUT2D eigenvalue weighted by molar-refractivity contribution is 7.92. The monoisotopic (exact) mass is 603 g/mol. The minimum atomic E-state index is -3.56. The number of sulfonamides is 1. The van der Waals surface area contributed by atoms with Gasteiger partial charge in [0, 0.05) is 44.1 Å². The molecule has 0 radical (unpaired) electrons. The number of unbranched alkanes of at least 4 members (excludes halogenated alkanes) is 1. The first-order chi connectivity index (χ1) is 20.1. The van der Waals surface area contributed by atoms with Gasteiger partial charge >= 0.3 is 0 Å². The van der Waals surface area contributed by atoms with Crippen LogP contribution in [0.1, 0.15) is 46.8 Å². The number of aryl methyl sites for hydroxylation is 1. The van der Waals surface area contributed by atoms with Crippen molar-refractivity contribution in [2.24, 2.45) is 0 Å². The summed E-state index contributed by atoms with van der Waals surface area (Å²) >= 11 is 0. The fourth-order valence-corrected chi connectivity index (χ4v) is 5.62. The third kappa shape index (κ3) is 11.1. The molecule has 228 valence electrons. The molecule has 0 aliphatic heterocycles. The summed E-state index contributed by atoms with van der Waals surface area (Å²) in [6.07, 6.45) is 0.862. The molecule has 0 saturated carbocycles. The van der Waals surface area contributed by atoms with Crippen molar-refractivity contribution in [3.63, 3.8) is 0 Å². The molecule has 0 aliphatic carbocycles. The molecule has 3 rings (SSSR count). The summed E-state index contributed by atoms with van der Waals surface area (Å²) in [6.45, 7) is 3.15. The second kappa shape index (κ2) is 16.3. The number of benzene rings is 3. The standard InChI is InChI=1S/C31H39F2N3O5S/c1-3-22-7-6-8-23(15-22)20-34-21-30(37)29(18-24-16-26(32)19-27(33)17-24)35-31(38)25-9-11-28(12-10-25)36-42(39,40)14-5-4-13-41-2/h6-12,15-17,19,29-30,34,36-37H,3-5,13-14,18,20-21H2,1-2H3,(H,35,38)/t29-,30+/m0/s1. The number of nitrogens with one attached hydrogen (secondary N) is 3. The van der Waals surface area contributed by atoms with Crippen LogP contribution in [0, 0.1) is 11.6 Å². The largest absolute Gasteiger partial charge is 0.390 e. The molecule has 0 spiro atoms. The lowest BCUT2D eigenvalue weighted by Gasteiger charge is -2.25. The van der Waals surface area contributed by atoms with Crippen molar-refractivity contribution in [1.82, 2.24) is 10.6 Å². The molecular weight excluding hydrogens is 564 g/mol. The average Bonchev–Trinajstić information content (AvgIpc) is 2.94. The van der Waals surface area contributed by atoms with Gasteiger partial charge in [0.25, 0.3) is 5.91 Å². The lowest BCUT2D eigenvalue weighted by Crippen LogP contribution is -2.48. The highest BCUT2D eigenvalue weighted by Gasteiger charge is 2.23. The Labute approximate surface area is 246 Å². The average molecular weight is 604 g/mol. The Morgan fingerprint density at radius 2 is 1.64 bits per heavy atom. The van der Waals surface area contributed by atoms with Crippen LogP contribution in [0.5, 0.6) is 0 Å². The van der Waals surface area contributed by atoms with Crippen molar-refractivity contribution < 1.29 is 31.8 Å². The lowest BCUT2D eigenvalue weighted by molar-refractivity contribution is 0.0830. The molecule has 8 nitrogen and oxygen atoms in total.